The van der Waals surface area contributed by atoms with Gasteiger partial charge in [0, 0.05) is 18.0 Å². The Kier molecular flexibility index (Phi) is 3.67. The summed E-state index contributed by atoms with van der Waals surface area (Å²) in [5.74, 6) is 0. The molecule has 0 aliphatic heterocycles. The minimum Gasteiger partial charge on any atom is -0.302 e. The number of nitriles is 1. The fraction of sp³-hybridized carbons (Fsp3) is 0.133. The molecule has 0 unspecified atom stereocenters. The maximum absolute atomic E-state index is 12.8. The molecule has 3 rings (SSSR count). The van der Waals surface area contributed by atoms with Gasteiger partial charge in [-0.1, -0.05) is 12.1 Å². The lowest BCUT2D eigenvalue weighted by Gasteiger charge is -2.08. The molecule has 4 nitrogen and oxygen atoms in total. The average molecular weight is 356 g/mol. The van der Waals surface area contributed by atoms with E-state index in [1.807, 2.05) is 0 Å². The lowest BCUT2D eigenvalue weighted by molar-refractivity contribution is -0.141. The second-order valence-electron chi connectivity index (χ2n) is 5.02. The van der Waals surface area contributed by atoms with Crippen molar-refractivity contribution in [2.45, 2.75) is 12.4 Å². The van der Waals surface area contributed by atoms with Crippen LogP contribution in [-0.2, 0) is 12.4 Å². The monoisotopic (exact) mass is 356 g/mol. The van der Waals surface area contributed by atoms with Crippen molar-refractivity contribution in [2.24, 2.45) is 0 Å². The van der Waals surface area contributed by atoms with Crippen LogP contribution in [0.25, 0.3) is 16.9 Å². The fourth-order valence-electron chi connectivity index (χ4n) is 2.20. The number of rotatable bonds is 1. The second kappa shape index (κ2) is 5.47. The summed E-state index contributed by atoms with van der Waals surface area (Å²) in [6.45, 7) is 0. The number of fused-ring (bicyclic) bond motifs is 1. The maximum Gasteiger partial charge on any atom is 0.434 e. The molecule has 0 spiro atoms. The minimum absolute atomic E-state index is 0.106. The van der Waals surface area contributed by atoms with Crippen molar-refractivity contribution in [1.29, 1.82) is 5.26 Å². The molecule has 0 bridgehead atoms. The van der Waals surface area contributed by atoms with Gasteiger partial charge in [-0.15, -0.1) is 0 Å². The van der Waals surface area contributed by atoms with Crippen molar-refractivity contribution in [3.05, 3.63) is 53.6 Å². The van der Waals surface area contributed by atoms with E-state index in [4.69, 9.17) is 5.26 Å². The summed E-state index contributed by atoms with van der Waals surface area (Å²) in [4.78, 5) is 7.33. The molecule has 0 fully saturated rings. The number of imidazole rings is 1. The molecule has 0 atom stereocenters. The van der Waals surface area contributed by atoms with Gasteiger partial charge in [0.25, 0.3) is 0 Å². The highest BCUT2D eigenvalue weighted by Crippen LogP contribution is 2.33. The Hall–Kier alpha value is -3.09. The molecule has 0 aliphatic carbocycles. The molecule has 1 aromatic carbocycles. The van der Waals surface area contributed by atoms with E-state index in [0.717, 1.165) is 34.9 Å². The molecule has 3 aromatic rings. The van der Waals surface area contributed by atoms with Gasteiger partial charge in [0.15, 0.2) is 17.0 Å². The van der Waals surface area contributed by atoms with Gasteiger partial charge in [-0.3, -0.25) is 0 Å². The highest BCUT2D eigenvalue weighted by atomic mass is 19.4. The fourth-order valence-corrected chi connectivity index (χ4v) is 2.20. The molecule has 0 saturated carbocycles. The molecule has 0 radical (unpaired) electrons. The van der Waals surface area contributed by atoms with E-state index in [0.29, 0.717) is 6.20 Å². The first kappa shape index (κ1) is 16.8. The van der Waals surface area contributed by atoms with Gasteiger partial charge in [0.05, 0.1) is 5.56 Å². The largest absolute Gasteiger partial charge is 0.434 e. The predicted molar refractivity (Wildman–Crippen MR) is 73.1 cm³/mol. The van der Waals surface area contributed by atoms with Crippen LogP contribution in [0.4, 0.5) is 26.3 Å². The van der Waals surface area contributed by atoms with Crippen LogP contribution in [0, 0.1) is 11.3 Å². The van der Waals surface area contributed by atoms with E-state index in [9.17, 15) is 26.3 Å². The van der Waals surface area contributed by atoms with Crippen molar-refractivity contribution >= 4 is 5.65 Å². The Morgan fingerprint density at radius 3 is 2.04 bits per heavy atom. The standard InChI is InChI=1S/C15H6F6N4/c16-14(17,18)9-3-1-8(2-4-9)12-13-24-11(15(19,20)21)7-25(13)6-10(5-22)23-12/h1-4,6-7H. The Morgan fingerprint density at radius 2 is 1.52 bits per heavy atom. The molecule has 2 aromatic heterocycles. The zero-order chi connectivity index (χ0) is 18.4. The number of alkyl halides is 6. The van der Waals surface area contributed by atoms with Gasteiger partial charge in [-0.2, -0.15) is 31.6 Å². The third kappa shape index (κ3) is 3.13. The lowest BCUT2D eigenvalue weighted by atomic mass is 10.1. The zero-order valence-corrected chi connectivity index (χ0v) is 12.0. The van der Waals surface area contributed by atoms with Crippen LogP contribution in [0.2, 0.25) is 0 Å². The highest BCUT2D eigenvalue weighted by molar-refractivity contribution is 5.74. The number of benzene rings is 1. The van der Waals surface area contributed by atoms with Gasteiger partial charge in [0.2, 0.25) is 0 Å². The number of nitrogens with zero attached hydrogens (tertiary/aromatic N) is 4. The molecule has 2 heterocycles. The third-order valence-electron chi connectivity index (χ3n) is 3.33. The SMILES string of the molecule is N#Cc1cn2cc(C(F)(F)F)nc2c(-c2ccc(C(F)(F)F)cc2)n1. The average Bonchev–Trinajstić information content (AvgIpc) is 2.97. The number of hydrogen-bond donors (Lipinski definition) is 0. The normalized spacial score (nSPS) is 12.4. The van der Waals surface area contributed by atoms with Crippen LogP contribution in [0.3, 0.4) is 0 Å². The zero-order valence-electron chi connectivity index (χ0n) is 12.0. The Labute approximate surface area is 136 Å². The van der Waals surface area contributed by atoms with Crippen molar-refractivity contribution in [2.75, 3.05) is 0 Å². The molecule has 10 heteroatoms. The molecule has 0 amide bonds. The lowest BCUT2D eigenvalue weighted by Crippen LogP contribution is -2.05. The first-order valence-electron chi connectivity index (χ1n) is 6.64. The van der Waals surface area contributed by atoms with Crippen LogP contribution in [0.15, 0.2) is 36.7 Å². The summed E-state index contributed by atoms with van der Waals surface area (Å²) in [5.41, 5.74) is -2.54. The highest BCUT2D eigenvalue weighted by Gasteiger charge is 2.34. The van der Waals surface area contributed by atoms with E-state index < -0.39 is 23.6 Å². The smallest absolute Gasteiger partial charge is 0.302 e. The van der Waals surface area contributed by atoms with Crippen molar-refractivity contribution in [1.82, 2.24) is 14.4 Å². The third-order valence-corrected chi connectivity index (χ3v) is 3.33. The van der Waals surface area contributed by atoms with E-state index in [1.54, 1.807) is 6.07 Å². The molecular formula is C15H6F6N4. The van der Waals surface area contributed by atoms with E-state index in [2.05, 4.69) is 9.97 Å². The molecule has 128 valence electrons. The van der Waals surface area contributed by atoms with Crippen molar-refractivity contribution < 1.29 is 26.3 Å². The number of hydrogen-bond acceptors (Lipinski definition) is 3. The van der Waals surface area contributed by atoms with Crippen LogP contribution >= 0.6 is 0 Å². The van der Waals surface area contributed by atoms with Gasteiger partial charge < -0.3 is 4.40 Å². The number of halogens is 6. The Balaban J connectivity index is 2.21. The second-order valence-corrected chi connectivity index (χ2v) is 5.02. The summed E-state index contributed by atoms with van der Waals surface area (Å²) in [7, 11) is 0. The predicted octanol–water partition coefficient (Wildman–Crippen LogP) is 4.31. The van der Waals surface area contributed by atoms with Gasteiger partial charge in [-0.05, 0) is 12.1 Å². The summed E-state index contributed by atoms with van der Waals surface area (Å²) in [6.07, 6.45) is -7.51. The molecule has 0 N–H and O–H groups in total. The summed E-state index contributed by atoms with van der Waals surface area (Å²) < 4.78 is 77.4. The van der Waals surface area contributed by atoms with Gasteiger partial charge in [0.1, 0.15) is 11.8 Å². The van der Waals surface area contributed by atoms with E-state index in [1.165, 1.54) is 0 Å². The summed E-state index contributed by atoms with van der Waals surface area (Å²) >= 11 is 0. The summed E-state index contributed by atoms with van der Waals surface area (Å²) in [5, 5.41) is 8.97. The van der Waals surface area contributed by atoms with Gasteiger partial charge >= 0.3 is 12.4 Å². The van der Waals surface area contributed by atoms with Crippen LogP contribution in [-0.4, -0.2) is 14.4 Å². The van der Waals surface area contributed by atoms with E-state index >= 15 is 0 Å². The quantitative estimate of drug-likeness (QED) is 0.611. The first-order valence-corrected chi connectivity index (χ1v) is 6.64. The van der Waals surface area contributed by atoms with Crippen LogP contribution in [0.5, 0.6) is 0 Å². The summed E-state index contributed by atoms with van der Waals surface area (Å²) in [6, 6.07) is 5.38. The molecule has 0 saturated heterocycles. The minimum atomic E-state index is -4.71. The number of aromatic nitrogens is 3. The first-order chi connectivity index (χ1) is 11.6. The van der Waals surface area contributed by atoms with Gasteiger partial charge in [-0.25, -0.2) is 9.97 Å². The topological polar surface area (TPSA) is 54.0 Å². The van der Waals surface area contributed by atoms with Crippen LogP contribution in [0.1, 0.15) is 17.0 Å². The molecule has 25 heavy (non-hydrogen) atoms. The van der Waals surface area contributed by atoms with Crippen LogP contribution < -0.4 is 0 Å². The van der Waals surface area contributed by atoms with E-state index in [-0.39, 0.29) is 22.6 Å². The maximum atomic E-state index is 12.8. The Bertz CT molecular complexity index is 977. The molecule has 0 aliphatic rings. The van der Waals surface area contributed by atoms with Crippen molar-refractivity contribution in [3.63, 3.8) is 0 Å². The Morgan fingerprint density at radius 1 is 0.880 bits per heavy atom. The molecular weight excluding hydrogens is 350 g/mol. The van der Waals surface area contributed by atoms with Crippen molar-refractivity contribution in [3.8, 4) is 17.3 Å².